The van der Waals surface area contributed by atoms with Crippen LogP contribution in [0.3, 0.4) is 0 Å². The van der Waals surface area contributed by atoms with Crippen LogP contribution in [0, 0.1) is 5.92 Å². The zero-order valence-corrected chi connectivity index (χ0v) is 12.0. The first-order valence-electron chi connectivity index (χ1n) is 7.09. The molecule has 1 atom stereocenters. The molecule has 0 spiro atoms. The van der Waals surface area contributed by atoms with Gasteiger partial charge in [-0.15, -0.1) is 0 Å². The van der Waals surface area contributed by atoms with E-state index in [2.05, 4.69) is 18.7 Å². The van der Waals surface area contributed by atoms with E-state index >= 15 is 0 Å². The summed E-state index contributed by atoms with van der Waals surface area (Å²) in [6.07, 6.45) is 5.49. The molecule has 0 aromatic carbocycles. The Morgan fingerprint density at radius 1 is 1.39 bits per heavy atom. The minimum atomic E-state index is -0.269. The molecule has 2 aliphatic rings. The largest absolute Gasteiger partial charge is 0.388 e. The number of hydrogen-bond acceptors (Lipinski definition) is 4. The first kappa shape index (κ1) is 12.4. The van der Waals surface area contributed by atoms with E-state index in [1.807, 2.05) is 0 Å². The van der Waals surface area contributed by atoms with E-state index < -0.39 is 0 Å². The normalized spacial score (nSPS) is 23.2. The summed E-state index contributed by atoms with van der Waals surface area (Å²) in [6, 6.07) is 0.496. The van der Waals surface area contributed by atoms with Crippen molar-refractivity contribution < 1.29 is 5.11 Å². The lowest BCUT2D eigenvalue weighted by molar-refractivity contribution is 0.160. The minimum absolute atomic E-state index is 0.269. The van der Waals surface area contributed by atoms with Gasteiger partial charge in [-0.2, -0.15) is 0 Å². The summed E-state index contributed by atoms with van der Waals surface area (Å²) in [6.45, 7) is 5.61. The second kappa shape index (κ2) is 4.82. The number of thiazole rings is 1. The van der Waals surface area contributed by atoms with Crippen molar-refractivity contribution in [3.8, 4) is 0 Å². The van der Waals surface area contributed by atoms with Crippen LogP contribution in [0.15, 0.2) is 0 Å². The molecule has 2 aliphatic carbocycles. The third-order valence-electron chi connectivity index (χ3n) is 3.93. The van der Waals surface area contributed by atoms with Gasteiger partial charge in [0.15, 0.2) is 5.13 Å². The number of aryl methyl sites for hydroxylation is 1. The van der Waals surface area contributed by atoms with Crippen LogP contribution >= 0.6 is 11.3 Å². The topological polar surface area (TPSA) is 36.4 Å². The minimum Gasteiger partial charge on any atom is -0.388 e. The number of aliphatic hydroxyl groups excluding tert-OH is 1. The third-order valence-corrected chi connectivity index (χ3v) is 5.17. The van der Waals surface area contributed by atoms with Gasteiger partial charge in [0.05, 0.1) is 16.7 Å². The Balaban J connectivity index is 1.84. The SMILES string of the molecule is CC(C)N(CC1CC1)c1nc2c(s1)C(O)CCC2. The summed E-state index contributed by atoms with van der Waals surface area (Å²) >= 11 is 1.71. The predicted molar refractivity (Wildman–Crippen MR) is 75.2 cm³/mol. The third kappa shape index (κ3) is 2.41. The van der Waals surface area contributed by atoms with Crippen LogP contribution < -0.4 is 4.90 Å². The van der Waals surface area contributed by atoms with Gasteiger partial charge in [-0.3, -0.25) is 0 Å². The fourth-order valence-electron chi connectivity index (χ4n) is 2.60. The number of aliphatic hydroxyl groups is 1. The molecule has 1 aromatic heterocycles. The highest BCUT2D eigenvalue weighted by atomic mass is 32.1. The van der Waals surface area contributed by atoms with Crippen molar-refractivity contribution in [2.75, 3.05) is 11.4 Å². The zero-order valence-electron chi connectivity index (χ0n) is 11.2. The summed E-state index contributed by atoms with van der Waals surface area (Å²) in [5.41, 5.74) is 1.15. The molecule has 1 fully saturated rings. The summed E-state index contributed by atoms with van der Waals surface area (Å²) in [5, 5.41) is 11.2. The molecule has 0 radical (unpaired) electrons. The van der Waals surface area contributed by atoms with E-state index in [1.54, 1.807) is 11.3 Å². The number of aromatic nitrogens is 1. The molecule has 3 nitrogen and oxygen atoms in total. The monoisotopic (exact) mass is 266 g/mol. The Morgan fingerprint density at radius 2 is 2.17 bits per heavy atom. The summed E-state index contributed by atoms with van der Waals surface area (Å²) in [7, 11) is 0. The number of anilines is 1. The van der Waals surface area contributed by atoms with Gasteiger partial charge >= 0.3 is 0 Å². The van der Waals surface area contributed by atoms with Crippen LogP contribution in [0.5, 0.6) is 0 Å². The molecule has 18 heavy (non-hydrogen) atoms. The van der Waals surface area contributed by atoms with Gasteiger partial charge in [0, 0.05) is 12.6 Å². The van der Waals surface area contributed by atoms with Crippen molar-refractivity contribution >= 4 is 16.5 Å². The first-order chi connectivity index (χ1) is 8.65. The number of fused-ring (bicyclic) bond motifs is 1. The summed E-state index contributed by atoms with van der Waals surface area (Å²) in [5.74, 6) is 0.873. The van der Waals surface area contributed by atoms with Crippen LogP contribution in [0.4, 0.5) is 5.13 Å². The molecule has 0 bridgehead atoms. The second-order valence-corrected chi connectivity index (χ2v) is 6.91. The lowest BCUT2D eigenvalue weighted by Crippen LogP contribution is -2.32. The van der Waals surface area contributed by atoms with Gasteiger partial charge in [0.2, 0.25) is 0 Å². The molecular formula is C14H22N2OS. The Labute approximate surface area is 113 Å². The van der Waals surface area contributed by atoms with Crippen LogP contribution in [0.1, 0.15) is 56.2 Å². The molecule has 1 saturated carbocycles. The van der Waals surface area contributed by atoms with Crippen molar-refractivity contribution in [1.82, 2.24) is 4.98 Å². The lowest BCUT2D eigenvalue weighted by atomic mass is 10.0. The van der Waals surface area contributed by atoms with Crippen molar-refractivity contribution in [3.05, 3.63) is 10.6 Å². The van der Waals surface area contributed by atoms with E-state index in [-0.39, 0.29) is 6.10 Å². The molecule has 3 rings (SSSR count). The van der Waals surface area contributed by atoms with Crippen LogP contribution in [-0.2, 0) is 6.42 Å². The van der Waals surface area contributed by atoms with E-state index in [4.69, 9.17) is 4.98 Å². The molecule has 1 aromatic rings. The number of nitrogens with zero attached hydrogens (tertiary/aromatic N) is 2. The van der Waals surface area contributed by atoms with Gasteiger partial charge in [-0.05, 0) is 51.9 Å². The first-order valence-corrected chi connectivity index (χ1v) is 7.91. The van der Waals surface area contributed by atoms with Gasteiger partial charge < -0.3 is 10.0 Å². The zero-order chi connectivity index (χ0) is 12.7. The van der Waals surface area contributed by atoms with Crippen LogP contribution in [0.2, 0.25) is 0 Å². The average molecular weight is 266 g/mol. The standard InChI is InChI=1S/C14H22N2OS/c1-9(2)16(8-10-6-7-10)14-15-11-4-3-5-12(17)13(11)18-14/h9-10,12,17H,3-8H2,1-2H3. The molecule has 100 valence electrons. The highest BCUT2D eigenvalue weighted by Gasteiger charge is 2.29. The smallest absolute Gasteiger partial charge is 0.186 e. The molecule has 1 unspecified atom stereocenters. The number of hydrogen-bond donors (Lipinski definition) is 1. The maximum absolute atomic E-state index is 10.0. The maximum atomic E-state index is 10.0. The summed E-state index contributed by atoms with van der Waals surface area (Å²) < 4.78 is 0. The second-order valence-electron chi connectivity index (χ2n) is 5.90. The Kier molecular flexibility index (Phi) is 3.32. The van der Waals surface area contributed by atoms with E-state index in [9.17, 15) is 5.11 Å². The van der Waals surface area contributed by atoms with Gasteiger partial charge in [0.1, 0.15) is 0 Å². The van der Waals surface area contributed by atoms with E-state index in [0.29, 0.717) is 6.04 Å². The van der Waals surface area contributed by atoms with Crippen molar-refractivity contribution in [3.63, 3.8) is 0 Å². The predicted octanol–water partition coefficient (Wildman–Crippen LogP) is 3.14. The maximum Gasteiger partial charge on any atom is 0.186 e. The number of rotatable bonds is 4. The Bertz CT molecular complexity index is 425. The lowest BCUT2D eigenvalue weighted by Gasteiger charge is -2.26. The van der Waals surface area contributed by atoms with Gasteiger partial charge in [-0.25, -0.2) is 4.98 Å². The quantitative estimate of drug-likeness (QED) is 0.909. The molecule has 0 aliphatic heterocycles. The summed E-state index contributed by atoms with van der Waals surface area (Å²) in [4.78, 5) is 8.33. The van der Waals surface area contributed by atoms with Crippen molar-refractivity contribution in [2.24, 2.45) is 5.92 Å². The van der Waals surface area contributed by atoms with Crippen molar-refractivity contribution in [2.45, 2.75) is 58.1 Å². The molecular weight excluding hydrogens is 244 g/mol. The Hall–Kier alpha value is -0.610. The van der Waals surface area contributed by atoms with Crippen LogP contribution in [0.25, 0.3) is 0 Å². The van der Waals surface area contributed by atoms with Crippen molar-refractivity contribution in [1.29, 1.82) is 0 Å². The van der Waals surface area contributed by atoms with E-state index in [0.717, 1.165) is 47.4 Å². The van der Waals surface area contributed by atoms with Gasteiger partial charge in [0.25, 0.3) is 0 Å². The molecule has 0 saturated heterocycles. The molecule has 4 heteroatoms. The van der Waals surface area contributed by atoms with E-state index in [1.165, 1.54) is 12.8 Å². The highest BCUT2D eigenvalue weighted by Crippen LogP contribution is 2.39. The fourth-order valence-corrected chi connectivity index (χ4v) is 3.87. The fraction of sp³-hybridized carbons (Fsp3) is 0.786. The molecule has 1 N–H and O–H groups in total. The Morgan fingerprint density at radius 3 is 2.78 bits per heavy atom. The molecule has 1 heterocycles. The van der Waals surface area contributed by atoms with Gasteiger partial charge in [-0.1, -0.05) is 11.3 Å². The average Bonchev–Trinajstić information content (AvgIpc) is 3.04. The van der Waals surface area contributed by atoms with Crippen LogP contribution in [-0.4, -0.2) is 22.7 Å². The highest BCUT2D eigenvalue weighted by molar-refractivity contribution is 7.15. The molecule has 0 amide bonds.